The molecule has 2 nitrogen and oxygen atoms in total. The average Bonchev–Trinajstić information content (AvgIpc) is 2.46. The minimum absolute atomic E-state index is 0.0824. The minimum atomic E-state index is -0.268. The molecule has 0 aliphatic heterocycles. The molecule has 0 saturated heterocycles. The summed E-state index contributed by atoms with van der Waals surface area (Å²) in [4.78, 5) is 4.07. The topological polar surface area (TPSA) is 33.1 Å². The molecule has 1 N–H and O–H groups in total. The molecular formula is C8H6FNOS. The van der Waals surface area contributed by atoms with Gasteiger partial charge < -0.3 is 5.11 Å². The van der Waals surface area contributed by atoms with Crippen molar-refractivity contribution in [1.29, 1.82) is 0 Å². The van der Waals surface area contributed by atoms with Gasteiger partial charge in [0.1, 0.15) is 10.8 Å². The molecule has 0 aliphatic rings. The number of fused-ring (bicyclic) bond motifs is 1. The normalized spacial score (nSPS) is 10.8. The molecule has 0 unspecified atom stereocenters. The molecule has 4 heteroatoms. The quantitative estimate of drug-likeness (QED) is 0.732. The maximum absolute atomic E-state index is 12.7. The molecule has 1 aromatic carbocycles. The van der Waals surface area contributed by atoms with E-state index < -0.39 is 0 Å². The van der Waals surface area contributed by atoms with E-state index in [2.05, 4.69) is 4.98 Å². The summed E-state index contributed by atoms with van der Waals surface area (Å²) in [5.41, 5.74) is 0.741. The number of halogens is 1. The Bertz CT molecular complexity index is 412. The first-order chi connectivity index (χ1) is 5.79. The summed E-state index contributed by atoms with van der Waals surface area (Å²) >= 11 is 1.31. The molecule has 2 aromatic rings. The molecule has 0 radical (unpaired) electrons. The van der Waals surface area contributed by atoms with Crippen molar-refractivity contribution in [1.82, 2.24) is 4.98 Å². The van der Waals surface area contributed by atoms with E-state index in [-0.39, 0.29) is 12.4 Å². The third kappa shape index (κ3) is 1.19. The Kier molecular flexibility index (Phi) is 1.78. The SMILES string of the molecule is OCc1nc2ccc(F)cc2s1. The third-order valence-electron chi connectivity index (χ3n) is 1.53. The van der Waals surface area contributed by atoms with Gasteiger partial charge in [-0.05, 0) is 18.2 Å². The molecule has 0 fully saturated rings. The molecule has 2 rings (SSSR count). The fraction of sp³-hybridized carbons (Fsp3) is 0.125. The van der Waals surface area contributed by atoms with Crippen molar-refractivity contribution < 1.29 is 9.50 Å². The smallest absolute Gasteiger partial charge is 0.124 e. The van der Waals surface area contributed by atoms with Gasteiger partial charge in [-0.2, -0.15) is 0 Å². The number of aliphatic hydroxyl groups is 1. The average molecular weight is 183 g/mol. The largest absolute Gasteiger partial charge is 0.389 e. The second-order valence-corrected chi connectivity index (χ2v) is 3.49. The van der Waals surface area contributed by atoms with Crippen molar-refractivity contribution in [2.24, 2.45) is 0 Å². The van der Waals surface area contributed by atoms with Gasteiger partial charge in [0.15, 0.2) is 0 Å². The molecule has 0 bridgehead atoms. The Morgan fingerprint density at radius 3 is 3.08 bits per heavy atom. The first-order valence-corrected chi connectivity index (χ1v) is 4.27. The van der Waals surface area contributed by atoms with Crippen LogP contribution in [0.2, 0.25) is 0 Å². The van der Waals surface area contributed by atoms with Crippen molar-refractivity contribution in [3.05, 3.63) is 29.0 Å². The van der Waals surface area contributed by atoms with Crippen molar-refractivity contribution >= 4 is 21.6 Å². The highest BCUT2D eigenvalue weighted by Crippen LogP contribution is 2.22. The van der Waals surface area contributed by atoms with Crippen LogP contribution in [0.3, 0.4) is 0 Å². The van der Waals surface area contributed by atoms with E-state index in [1.165, 1.54) is 23.5 Å². The van der Waals surface area contributed by atoms with E-state index >= 15 is 0 Å². The summed E-state index contributed by atoms with van der Waals surface area (Å²) in [7, 11) is 0. The minimum Gasteiger partial charge on any atom is -0.389 e. The number of thiazole rings is 1. The summed E-state index contributed by atoms with van der Waals surface area (Å²) in [6.07, 6.45) is 0. The molecule has 0 saturated carbocycles. The van der Waals surface area contributed by atoms with Crippen molar-refractivity contribution in [2.75, 3.05) is 0 Å². The molecule has 0 aliphatic carbocycles. The Morgan fingerprint density at radius 2 is 2.33 bits per heavy atom. The van der Waals surface area contributed by atoms with Gasteiger partial charge in [-0.1, -0.05) is 0 Å². The van der Waals surface area contributed by atoms with Crippen LogP contribution in [0.25, 0.3) is 10.2 Å². The fourth-order valence-corrected chi connectivity index (χ4v) is 1.87. The molecule has 12 heavy (non-hydrogen) atoms. The predicted octanol–water partition coefficient (Wildman–Crippen LogP) is 1.93. The number of nitrogens with zero attached hydrogens (tertiary/aromatic N) is 1. The van der Waals surface area contributed by atoms with Gasteiger partial charge in [0.2, 0.25) is 0 Å². The van der Waals surface area contributed by atoms with Crippen molar-refractivity contribution in [2.45, 2.75) is 6.61 Å². The van der Waals surface area contributed by atoms with E-state index in [0.29, 0.717) is 5.01 Å². The Labute approximate surface area is 72.3 Å². The van der Waals surface area contributed by atoms with E-state index in [9.17, 15) is 4.39 Å². The number of aliphatic hydroxyl groups excluding tert-OH is 1. The Morgan fingerprint density at radius 1 is 1.50 bits per heavy atom. The lowest BCUT2D eigenvalue weighted by molar-refractivity contribution is 0.281. The zero-order valence-corrected chi connectivity index (χ0v) is 6.94. The number of aromatic nitrogens is 1. The maximum Gasteiger partial charge on any atom is 0.124 e. The number of rotatable bonds is 1. The second kappa shape index (κ2) is 2.80. The van der Waals surface area contributed by atoms with Gasteiger partial charge in [-0.3, -0.25) is 0 Å². The van der Waals surface area contributed by atoms with Crippen LogP contribution < -0.4 is 0 Å². The lowest BCUT2D eigenvalue weighted by atomic mass is 10.3. The van der Waals surface area contributed by atoms with Crippen LogP contribution >= 0.6 is 11.3 Å². The van der Waals surface area contributed by atoms with Gasteiger partial charge in [-0.15, -0.1) is 11.3 Å². The van der Waals surface area contributed by atoms with Gasteiger partial charge in [0, 0.05) is 0 Å². The molecule has 62 valence electrons. The van der Waals surface area contributed by atoms with Crippen LogP contribution in [0.1, 0.15) is 5.01 Å². The maximum atomic E-state index is 12.7. The zero-order valence-electron chi connectivity index (χ0n) is 6.12. The zero-order chi connectivity index (χ0) is 8.55. The third-order valence-corrected chi connectivity index (χ3v) is 2.53. The van der Waals surface area contributed by atoms with E-state index in [1.807, 2.05) is 0 Å². The first kappa shape index (κ1) is 7.64. The summed E-state index contributed by atoms with van der Waals surface area (Å²) in [5, 5.41) is 9.38. The van der Waals surface area contributed by atoms with Crippen molar-refractivity contribution in [3.63, 3.8) is 0 Å². The molecule has 0 amide bonds. The van der Waals surface area contributed by atoms with Gasteiger partial charge in [-0.25, -0.2) is 9.37 Å². The molecule has 1 aromatic heterocycles. The first-order valence-electron chi connectivity index (χ1n) is 3.45. The van der Waals surface area contributed by atoms with Crippen molar-refractivity contribution in [3.8, 4) is 0 Å². The van der Waals surface area contributed by atoms with E-state index in [0.717, 1.165) is 10.2 Å². The molecule has 1 heterocycles. The summed E-state index contributed by atoms with van der Waals surface area (Å²) in [6, 6.07) is 4.40. The number of hydrogen-bond donors (Lipinski definition) is 1. The monoisotopic (exact) mass is 183 g/mol. The second-order valence-electron chi connectivity index (χ2n) is 2.38. The van der Waals surface area contributed by atoms with Crippen LogP contribution in [0.5, 0.6) is 0 Å². The fourth-order valence-electron chi connectivity index (χ4n) is 1.01. The standard InChI is InChI=1S/C8H6FNOS/c9-5-1-2-6-7(3-5)12-8(4-11)10-6/h1-3,11H,4H2. The summed E-state index contributed by atoms with van der Waals surface area (Å²) in [5.74, 6) is -0.268. The molecular weight excluding hydrogens is 177 g/mol. The predicted molar refractivity (Wildman–Crippen MR) is 45.5 cm³/mol. The highest BCUT2D eigenvalue weighted by molar-refractivity contribution is 7.18. The number of hydrogen-bond acceptors (Lipinski definition) is 3. The Hall–Kier alpha value is -1.000. The lowest BCUT2D eigenvalue weighted by Gasteiger charge is -1.85. The number of benzene rings is 1. The van der Waals surface area contributed by atoms with E-state index in [1.54, 1.807) is 6.07 Å². The lowest BCUT2D eigenvalue weighted by Crippen LogP contribution is -1.77. The van der Waals surface area contributed by atoms with Gasteiger partial charge >= 0.3 is 0 Å². The highest BCUT2D eigenvalue weighted by Gasteiger charge is 2.02. The molecule has 0 atom stereocenters. The van der Waals surface area contributed by atoms with Crippen LogP contribution in [0, 0.1) is 5.82 Å². The van der Waals surface area contributed by atoms with Crippen LogP contribution in [-0.2, 0) is 6.61 Å². The van der Waals surface area contributed by atoms with Crippen LogP contribution in [0.15, 0.2) is 18.2 Å². The van der Waals surface area contributed by atoms with Gasteiger partial charge in [0.05, 0.1) is 16.8 Å². The Balaban J connectivity index is 2.67. The molecule has 0 spiro atoms. The highest BCUT2D eigenvalue weighted by atomic mass is 32.1. The van der Waals surface area contributed by atoms with Gasteiger partial charge in [0.25, 0.3) is 0 Å². The summed E-state index contributed by atoms with van der Waals surface area (Å²) < 4.78 is 13.4. The van der Waals surface area contributed by atoms with E-state index in [4.69, 9.17) is 5.11 Å². The summed E-state index contributed by atoms with van der Waals surface area (Å²) in [6.45, 7) is -0.0824. The van der Waals surface area contributed by atoms with Crippen LogP contribution in [-0.4, -0.2) is 10.1 Å². The van der Waals surface area contributed by atoms with Crippen LogP contribution in [0.4, 0.5) is 4.39 Å².